The van der Waals surface area contributed by atoms with Crippen LogP contribution < -0.4 is 10.6 Å². The summed E-state index contributed by atoms with van der Waals surface area (Å²) >= 11 is 0. The highest BCUT2D eigenvalue weighted by Crippen LogP contribution is 1.82. The quantitative estimate of drug-likeness (QED) is 0.614. The highest BCUT2D eigenvalue weighted by atomic mass is 16.2. The summed E-state index contributed by atoms with van der Waals surface area (Å²) < 4.78 is 0. The van der Waals surface area contributed by atoms with E-state index in [2.05, 4.69) is 15.5 Å². The first-order valence-electron chi connectivity index (χ1n) is 5.82. The lowest BCUT2D eigenvalue weighted by atomic mass is 10.4. The molecule has 0 bridgehead atoms. The van der Waals surface area contributed by atoms with E-state index in [4.69, 9.17) is 0 Å². The first kappa shape index (κ1) is 14.9. The second-order valence-corrected chi connectivity index (χ2v) is 3.71. The number of hydrogen-bond donors (Lipinski definition) is 2. The van der Waals surface area contributed by atoms with Gasteiger partial charge in [-0.3, -0.25) is 9.59 Å². The fourth-order valence-corrected chi connectivity index (χ4v) is 1.13. The maximum absolute atomic E-state index is 10.9. The standard InChI is InChI=1S/C11H23N3O2/c1-4-10(15)12-6-8-14(3)9-7-13-11(16)5-2/h4-9H2,1-3H3,(H,12,15)(H,13,16). The van der Waals surface area contributed by atoms with Crippen molar-refractivity contribution in [3.8, 4) is 0 Å². The number of amides is 2. The lowest BCUT2D eigenvalue weighted by molar-refractivity contribution is -0.121. The fraction of sp³-hybridized carbons (Fsp3) is 0.818. The number of nitrogens with one attached hydrogen (secondary N) is 2. The Bertz CT molecular complexity index is 197. The van der Waals surface area contributed by atoms with Gasteiger partial charge in [-0.05, 0) is 7.05 Å². The summed E-state index contributed by atoms with van der Waals surface area (Å²) in [6.07, 6.45) is 1.05. The number of likely N-dealkylation sites (N-methyl/N-ethyl adjacent to an activating group) is 1. The van der Waals surface area contributed by atoms with Crippen LogP contribution in [-0.2, 0) is 9.59 Å². The Kier molecular flexibility index (Phi) is 8.52. The van der Waals surface area contributed by atoms with Gasteiger partial charge in [0.05, 0.1) is 0 Å². The van der Waals surface area contributed by atoms with E-state index in [1.807, 2.05) is 20.9 Å². The zero-order valence-electron chi connectivity index (χ0n) is 10.5. The van der Waals surface area contributed by atoms with Gasteiger partial charge in [0.25, 0.3) is 0 Å². The van der Waals surface area contributed by atoms with E-state index in [1.165, 1.54) is 0 Å². The van der Waals surface area contributed by atoms with Gasteiger partial charge in [0.2, 0.25) is 11.8 Å². The Morgan fingerprint density at radius 2 is 1.31 bits per heavy atom. The third-order valence-corrected chi connectivity index (χ3v) is 2.27. The predicted octanol–water partition coefficient (Wildman–Crippen LogP) is -0.0294. The number of rotatable bonds is 8. The van der Waals surface area contributed by atoms with Crippen LogP contribution in [0.5, 0.6) is 0 Å². The molecule has 0 aromatic heterocycles. The molecule has 0 spiro atoms. The average molecular weight is 229 g/mol. The van der Waals surface area contributed by atoms with Crippen molar-refractivity contribution >= 4 is 11.8 Å². The molecule has 0 aliphatic carbocycles. The van der Waals surface area contributed by atoms with E-state index in [1.54, 1.807) is 0 Å². The van der Waals surface area contributed by atoms with E-state index in [9.17, 15) is 9.59 Å². The molecule has 0 saturated heterocycles. The lowest BCUT2D eigenvalue weighted by Crippen LogP contribution is -2.37. The molecule has 0 fully saturated rings. The predicted molar refractivity (Wildman–Crippen MR) is 64.1 cm³/mol. The summed E-state index contributed by atoms with van der Waals surface area (Å²) in [6, 6.07) is 0. The number of nitrogens with zero attached hydrogens (tertiary/aromatic N) is 1. The van der Waals surface area contributed by atoms with Crippen molar-refractivity contribution in [3.05, 3.63) is 0 Å². The smallest absolute Gasteiger partial charge is 0.219 e. The topological polar surface area (TPSA) is 61.4 Å². The zero-order chi connectivity index (χ0) is 12.4. The van der Waals surface area contributed by atoms with Crippen molar-refractivity contribution in [2.75, 3.05) is 33.2 Å². The summed E-state index contributed by atoms with van der Waals surface area (Å²) in [7, 11) is 1.97. The molecule has 0 aromatic carbocycles. The highest BCUT2D eigenvalue weighted by Gasteiger charge is 2.01. The van der Waals surface area contributed by atoms with Crippen LogP contribution in [0.1, 0.15) is 26.7 Å². The van der Waals surface area contributed by atoms with Crippen molar-refractivity contribution in [1.82, 2.24) is 15.5 Å². The van der Waals surface area contributed by atoms with Crippen LogP contribution in [0.15, 0.2) is 0 Å². The van der Waals surface area contributed by atoms with Crippen LogP contribution in [0.2, 0.25) is 0 Å². The number of carbonyl (C=O) groups excluding carboxylic acids is 2. The van der Waals surface area contributed by atoms with Gasteiger partial charge in [-0.15, -0.1) is 0 Å². The van der Waals surface area contributed by atoms with Gasteiger partial charge < -0.3 is 15.5 Å². The molecule has 0 radical (unpaired) electrons. The molecule has 0 aliphatic heterocycles. The average Bonchev–Trinajstić information content (AvgIpc) is 2.28. The van der Waals surface area contributed by atoms with Crippen molar-refractivity contribution in [3.63, 3.8) is 0 Å². The van der Waals surface area contributed by atoms with Crippen LogP contribution in [0.25, 0.3) is 0 Å². The summed E-state index contributed by atoms with van der Waals surface area (Å²) in [5, 5.41) is 5.61. The molecule has 0 heterocycles. The molecule has 0 saturated carbocycles. The monoisotopic (exact) mass is 229 g/mol. The molecule has 16 heavy (non-hydrogen) atoms. The maximum atomic E-state index is 10.9. The molecule has 0 rings (SSSR count). The molecule has 94 valence electrons. The molecule has 2 N–H and O–H groups in total. The molecule has 0 unspecified atom stereocenters. The van der Waals surface area contributed by atoms with Crippen molar-refractivity contribution < 1.29 is 9.59 Å². The van der Waals surface area contributed by atoms with E-state index >= 15 is 0 Å². The Morgan fingerprint density at radius 3 is 1.62 bits per heavy atom. The first-order valence-corrected chi connectivity index (χ1v) is 5.82. The van der Waals surface area contributed by atoms with E-state index in [0.29, 0.717) is 25.9 Å². The molecule has 5 nitrogen and oxygen atoms in total. The van der Waals surface area contributed by atoms with Gasteiger partial charge in [-0.2, -0.15) is 0 Å². The third kappa shape index (κ3) is 8.23. The van der Waals surface area contributed by atoms with Gasteiger partial charge in [-0.25, -0.2) is 0 Å². The summed E-state index contributed by atoms with van der Waals surface area (Å²) in [4.78, 5) is 24.0. The fourth-order valence-electron chi connectivity index (χ4n) is 1.13. The van der Waals surface area contributed by atoms with Crippen molar-refractivity contribution in [1.29, 1.82) is 0 Å². The van der Waals surface area contributed by atoms with Gasteiger partial charge in [-0.1, -0.05) is 13.8 Å². The van der Waals surface area contributed by atoms with Crippen LogP contribution >= 0.6 is 0 Å². The second-order valence-electron chi connectivity index (χ2n) is 3.71. The van der Waals surface area contributed by atoms with Crippen LogP contribution in [0, 0.1) is 0 Å². The Hall–Kier alpha value is -1.10. The van der Waals surface area contributed by atoms with Crippen molar-refractivity contribution in [2.45, 2.75) is 26.7 Å². The van der Waals surface area contributed by atoms with E-state index in [0.717, 1.165) is 13.1 Å². The molecule has 2 amide bonds. The number of hydrogen-bond acceptors (Lipinski definition) is 3. The third-order valence-electron chi connectivity index (χ3n) is 2.27. The first-order chi connectivity index (χ1) is 7.60. The minimum atomic E-state index is 0.0766. The molecule has 0 atom stereocenters. The minimum Gasteiger partial charge on any atom is -0.355 e. The number of carbonyl (C=O) groups is 2. The Labute approximate surface area is 97.6 Å². The lowest BCUT2D eigenvalue weighted by Gasteiger charge is -2.16. The van der Waals surface area contributed by atoms with Gasteiger partial charge in [0, 0.05) is 39.0 Å². The van der Waals surface area contributed by atoms with Gasteiger partial charge in [0.1, 0.15) is 0 Å². The normalized spacial score (nSPS) is 10.2. The zero-order valence-corrected chi connectivity index (χ0v) is 10.5. The summed E-state index contributed by atoms with van der Waals surface area (Å²) in [6.45, 7) is 6.58. The summed E-state index contributed by atoms with van der Waals surface area (Å²) in [5.41, 5.74) is 0. The van der Waals surface area contributed by atoms with Crippen LogP contribution in [0.3, 0.4) is 0 Å². The van der Waals surface area contributed by atoms with Gasteiger partial charge in [0.15, 0.2) is 0 Å². The molecule has 0 aromatic rings. The highest BCUT2D eigenvalue weighted by molar-refractivity contribution is 5.75. The molecule has 0 aliphatic rings. The SMILES string of the molecule is CCC(=O)NCCN(C)CCNC(=O)CC. The van der Waals surface area contributed by atoms with E-state index in [-0.39, 0.29) is 11.8 Å². The molecular formula is C11H23N3O2. The van der Waals surface area contributed by atoms with Crippen LogP contribution in [-0.4, -0.2) is 49.9 Å². The Balaban J connectivity index is 3.41. The van der Waals surface area contributed by atoms with Crippen LogP contribution in [0.4, 0.5) is 0 Å². The van der Waals surface area contributed by atoms with E-state index < -0.39 is 0 Å². The molecular weight excluding hydrogens is 206 g/mol. The molecule has 5 heteroatoms. The van der Waals surface area contributed by atoms with Crippen molar-refractivity contribution in [2.24, 2.45) is 0 Å². The Morgan fingerprint density at radius 1 is 0.938 bits per heavy atom. The second kappa shape index (κ2) is 9.15. The maximum Gasteiger partial charge on any atom is 0.219 e. The summed E-state index contributed by atoms with van der Waals surface area (Å²) in [5.74, 6) is 0.153. The minimum absolute atomic E-state index is 0.0766. The van der Waals surface area contributed by atoms with Gasteiger partial charge >= 0.3 is 0 Å². The largest absolute Gasteiger partial charge is 0.355 e.